The van der Waals surface area contributed by atoms with E-state index >= 15 is 0 Å². The van der Waals surface area contributed by atoms with E-state index in [0.717, 1.165) is 47.9 Å². The van der Waals surface area contributed by atoms with E-state index in [2.05, 4.69) is 57.3 Å². The van der Waals surface area contributed by atoms with E-state index in [4.69, 9.17) is 14.7 Å². The highest BCUT2D eigenvalue weighted by Crippen LogP contribution is 2.33. The van der Waals surface area contributed by atoms with Gasteiger partial charge in [0.15, 0.2) is 0 Å². The minimum Gasteiger partial charge on any atom is -0.379 e. The molecule has 0 atom stereocenters. The molecule has 3 rings (SSSR count). The first-order chi connectivity index (χ1) is 12.5. The summed E-state index contributed by atoms with van der Waals surface area (Å²) in [6.45, 7) is 10.0. The predicted molar refractivity (Wildman–Crippen MR) is 110 cm³/mol. The predicted octanol–water partition coefficient (Wildman–Crippen LogP) is 5.13. The van der Waals surface area contributed by atoms with E-state index in [1.54, 1.807) is 11.3 Å². The standard InChI is InChI=1S/C21H27N3OS/c1-14(2)25-12-8-11-22-20-19-15(3)16(4)26-21(19)24-18(23-20)13-17-9-6-5-7-10-17/h5-7,9-10,14H,8,11-13H2,1-4H3,(H,22,23,24). The second kappa shape index (κ2) is 8.60. The molecule has 0 saturated heterocycles. The summed E-state index contributed by atoms with van der Waals surface area (Å²) in [5, 5.41) is 4.68. The second-order valence-electron chi connectivity index (χ2n) is 6.81. The van der Waals surface area contributed by atoms with E-state index in [1.807, 2.05) is 6.07 Å². The van der Waals surface area contributed by atoms with Crippen molar-refractivity contribution in [1.29, 1.82) is 0 Å². The van der Waals surface area contributed by atoms with Gasteiger partial charge in [-0.2, -0.15) is 0 Å². The quantitative estimate of drug-likeness (QED) is 0.559. The minimum atomic E-state index is 0.278. The molecule has 1 aromatic carbocycles. The molecule has 3 aromatic rings. The summed E-state index contributed by atoms with van der Waals surface area (Å²) in [5.41, 5.74) is 2.50. The van der Waals surface area contributed by atoms with Crippen molar-refractivity contribution < 1.29 is 4.74 Å². The Balaban J connectivity index is 1.82. The number of hydrogen-bond acceptors (Lipinski definition) is 5. The van der Waals surface area contributed by atoms with Crippen LogP contribution in [-0.4, -0.2) is 29.2 Å². The average Bonchev–Trinajstić information content (AvgIpc) is 2.89. The highest BCUT2D eigenvalue weighted by molar-refractivity contribution is 7.18. The maximum Gasteiger partial charge on any atom is 0.138 e. The van der Waals surface area contributed by atoms with Crippen molar-refractivity contribution in [3.8, 4) is 0 Å². The van der Waals surface area contributed by atoms with Crippen LogP contribution in [0.3, 0.4) is 0 Å². The van der Waals surface area contributed by atoms with Crippen molar-refractivity contribution in [2.45, 2.75) is 46.6 Å². The third-order valence-electron chi connectivity index (χ3n) is 4.34. The fraction of sp³-hybridized carbons (Fsp3) is 0.429. The molecule has 0 amide bonds. The van der Waals surface area contributed by atoms with Crippen LogP contribution in [0.2, 0.25) is 0 Å². The van der Waals surface area contributed by atoms with Gasteiger partial charge in [-0.15, -0.1) is 11.3 Å². The molecule has 0 fully saturated rings. The maximum atomic E-state index is 5.63. The third kappa shape index (κ3) is 4.59. The number of hydrogen-bond donors (Lipinski definition) is 1. The number of ether oxygens (including phenoxy) is 1. The number of nitrogens with zero attached hydrogens (tertiary/aromatic N) is 2. The van der Waals surface area contributed by atoms with Gasteiger partial charge >= 0.3 is 0 Å². The number of fused-ring (bicyclic) bond motifs is 1. The van der Waals surface area contributed by atoms with Gasteiger partial charge in [-0.1, -0.05) is 30.3 Å². The van der Waals surface area contributed by atoms with Gasteiger partial charge in [0.05, 0.1) is 11.5 Å². The molecule has 5 heteroatoms. The van der Waals surface area contributed by atoms with Crippen LogP contribution < -0.4 is 5.32 Å². The monoisotopic (exact) mass is 369 g/mol. The number of rotatable bonds is 8. The van der Waals surface area contributed by atoms with Crippen molar-refractivity contribution in [2.75, 3.05) is 18.5 Å². The summed E-state index contributed by atoms with van der Waals surface area (Å²) in [7, 11) is 0. The fourth-order valence-corrected chi connectivity index (χ4v) is 3.93. The molecule has 4 nitrogen and oxygen atoms in total. The average molecular weight is 370 g/mol. The Bertz CT molecular complexity index is 859. The normalized spacial score (nSPS) is 11.4. The molecule has 138 valence electrons. The highest BCUT2D eigenvalue weighted by atomic mass is 32.1. The first-order valence-corrected chi connectivity index (χ1v) is 10.0. The summed E-state index contributed by atoms with van der Waals surface area (Å²) in [5.74, 6) is 1.82. The summed E-state index contributed by atoms with van der Waals surface area (Å²) >= 11 is 1.75. The molecule has 0 radical (unpaired) electrons. The van der Waals surface area contributed by atoms with Gasteiger partial charge in [-0.3, -0.25) is 0 Å². The highest BCUT2D eigenvalue weighted by Gasteiger charge is 2.14. The number of anilines is 1. The zero-order chi connectivity index (χ0) is 18.5. The summed E-state index contributed by atoms with van der Waals surface area (Å²) in [4.78, 5) is 12.0. The molecule has 2 aromatic heterocycles. The van der Waals surface area contributed by atoms with Crippen molar-refractivity contribution in [3.05, 3.63) is 52.2 Å². The van der Waals surface area contributed by atoms with Crippen LogP contribution in [0.1, 0.15) is 42.1 Å². The minimum absolute atomic E-state index is 0.278. The van der Waals surface area contributed by atoms with Gasteiger partial charge in [0.1, 0.15) is 16.5 Å². The molecule has 0 aliphatic heterocycles. The molecule has 0 spiro atoms. The first-order valence-electron chi connectivity index (χ1n) is 9.20. The van der Waals surface area contributed by atoms with Crippen LogP contribution in [0.5, 0.6) is 0 Å². The lowest BCUT2D eigenvalue weighted by Crippen LogP contribution is -2.11. The number of aromatic nitrogens is 2. The van der Waals surface area contributed by atoms with Gasteiger partial charge < -0.3 is 10.1 Å². The lowest BCUT2D eigenvalue weighted by Gasteiger charge is -2.11. The molecule has 0 unspecified atom stereocenters. The molecule has 1 N–H and O–H groups in total. The summed E-state index contributed by atoms with van der Waals surface area (Å²) in [6.07, 6.45) is 1.98. The van der Waals surface area contributed by atoms with E-state index < -0.39 is 0 Å². The molecule has 26 heavy (non-hydrogen) atoms. The van der Waals surface area contributed by atoms with Gasteiger partial charge in [-0.05, 0) is 45.2 Å². The molecule has 0 saturated carbocycles. The van der Waals surface area contributed by atoms with Crippen LogP contribution in [0, 0.1) is 13.8 Å². The van der Waals surface area contributed by atoms with Gasteiger partial charge in [0.25, 0.3) is 0 Å². The van der Waals surface area contributed by atoms with E-state index in [0.29, 0.717) is 0 Å². The largest absolute Gasteiger partial charge is 0.379 e. The Labute approximate surface area is 159 Å². The van der Waals surface area contributed by atoms with E-state index in [1.165, 1.54) is 16.0 Å². The van der Waals surface area contributed by atoms with Crippen LogP contribution in [0.4, 0.5) is 5.82 Å². The van der Waals surface area contributed by atoms with Crippen molar-refractivity contribution in [1.82, 2.24) is 9.97 Å². The van der Waals surface area contributed by atoms with Crippen LogP contribution in [0.25, 0.3) is 10.2 Å². The molecular weight excluding hydrogens is 342 g/mol. The van der Waals surface area contributed by atoms with Gasteiger partial charge in [0, 0.05) is 24.4 Å². The molecule has 2 heterocycles. The zero-order valence-corrected chi connectivity index (χ0v) is 16.8. The lowest BCUT2D eigenvalue weighted by atomic mass is 10.1. The topological polar surface area (TPSA) is 47.0 Å². The Kier molecular flexibility index (Phi) is 6.22. The molecule has 0 aliphatic carbocycles. The van der Waals surface area contributed by atoms with Gasteiger partial charge in [0.2, 0.25) is 0 Å². The van der Waals surface area contributed by atoms with Crippen molar-refractivity contribution in [3.63, 3.8) is 0 Å². The van der Waals surface area contributed by atoms with Crippen molar-refractivity contribution >= 4 is 27.4 Å². The van der Waals surface area contributed by atoms with Crippen LogP contribution in [0.15, 0.2) is 30.3 Å². The molecule has 0 aliphatic rings. The van der Waals surface area contributed by atoms with Crippen LogP contribution in [-0.2, 0) is 11.2 Å². The number of nitrogens with one attached hydrogen (secondary N) is 1. The third-order valence-corrected chi connectivity index (χ3v) is 5.45. The van der Waals surface area contributed by atoms with Gasteiger partial charge in [-0.25, -0.2) is 9.97 Å². The lowest BCUT2D eigenvalue weighted by molar-refractivity contribution is 0.0787. The first kappa shape index (κ1) is 18.8. The Morgan fingerprint density at radius 1 is 1.12 bits per heavy atom. The van der Waals surface area contributed by atoms with Crippen molar-refractivity contribution in [2.24, 2.45) is 0 Å². The SMILES string of the molecule is Cc1sc2nc(Cc3ccccc3)nc(NCCCOC(C)C)c2c1C. The molecule has 0 bridgehead atoms. The Morgan fingerprint density at radius 3 is 2.62 bits per heavy atom. The number of thiophene rings is 1. The molecular formula is C21H27N3OS. The second-order valence-corrected chi connectivity index (χ2v) is 8.02. The maximum absolute atomic E-state index is 5.63. The van der Waals surface area contributed by atoms with E-state index in [-0.39, 0.29) is 6.10 Å². The number of aryl methyl sites for hydroxylation is 2. The van der Waals surface area contributed by atoms with Crippen LogP contribution >= 0.6 is 11.3 Å². The smallest absolute Gasteiger partial charge is 0.138 e. The Hall–Kier alpha value is -1.98. The summed E-state index contributed by atoms with van der Waals surface area (Å²) < 4.78 is 5.63. The number of benzene rings is 1. The summed E-state index contributed by atoms with van der Waals surface area (Å²) in [6, 6.07) is 10.4. The van der Waals surface area contributed by atoms with E-state index in [9.17, 15) is 0 Å². The zero-order valence-electron chi connectivity index (χ0n) is 16.0. The Morgan fingerprint density at radius 2 is 1.88 bits per heavy atom. The fourth-order valence-electron chi connectivity index (χ4n) is 2.88.